The molecule has 0 amide bonds. The van der Waals surface area contributed by atoms with Gasteiger partial charge in [0.25, 0.3) is 0 Å². The summed E-state index contributed by atoms with van der Waals surface area (Å²) in [7, 11) is 0. The van der Waals surface area contributed by atoms with Gasteiger partial charge in [-0.3, -0.25) is 0 Å². The first-order valence-electron chi connectivity index (χ1n) is 7.58. The molecule has 1 aliphatic heterocycles. The highest BCUT2D eigenvalue weighted by molar-refractivity contribution is 5.21. The van der Waals surface area contributed by atoms with Crippen molar-refractivity contribution in [2.75, 3.05) is 26.2 Å². The number of nitrogens with zero attached hydrogens (tertiary/aromatic N) is 1. The van der Waals surface area contributed by atoms with Gasteiger partial charge in [-0.2, -0.15) is 0 Å². The highest BCUT2D eigenvalue weighted by Crippen LogP contribution is 2.18. The number of hydrogen-bond acceptors (Lipinski definition) is 2. The summed E-state index contributed by atoms with van der Waals surface area (Å²) in [4.78, 5) is 2.48. The molecule has 0 bridgehead atoms. The van der Waals surface area contributed by atoms with Crippen LogP contribution in [0.1, 0.15) is 44.2 Å². The number of nitrogens with one attached hydrogen (secondary N) is 1. The average molecular weight is 282 g/mol. The number of halogens is 2. The van der Waals surface area contributed by atoms with Crippen LogP contribution < -0.4 is 5.32 Å². The van der Waals surface area contributed by atoms with Crippen molar-refractivity contribution in [2.24, 2.45) is 0 Å². The molecule has 0 aliphatic carbocycles. The van der Waals surface area contributed by atoms with Crippen LogP contribution in [0.2, 0.25) is 0 Å². The molecule has 0 saturated carbocycles. The maximum atomic E-state index is 13.6. The van der Waals surface area contributed by atoms with Gasteiger partial charge in [0.15, 0.2) is 11.6 Å². The van der Waals surface area contributed by atoms with Crippen LogP contribution in [-0.4, -0.2) is 31.1 Å². The van der Waals surface area contributed by atoms with E-state index in [1.807, 2.05) is 6.92 Å². The van der Waals surface area contributed by atoms with Crippen molar-refractivity contribution in [3.05, 3.63) is 35.4 Å². The lowest BCUT2D eigenvalue weighted by Crippen LogP contribution is -2.32. The zero-order valence-corrected chi connectivity index (χ0v) is 12.2. The van der Waals surface area contributed by atoms with Crippen LogP contribution in [0.4, 0.5) is 8.78 Å². The molecule has 1 unspecified atom stereocenters. The van der Waals surface area contributed by atoms with E-state index in [9.17, 15) is 8.78 Å². The summed E-state index contributed by atoms with van der Waals surface area (Å²) in [5, 5.41) is 3.27. The van der Waals surface area contributed by atoms with Gasteiger partial charge < -0.3 is 10.2 Å². The number of likely N-dealkylation sites (tertiary alicyclic amines) is 1. The van der Waals surface area contributed by atoms with Crippen LogP contribution in [0, 0.1) is 11.6 Å². The maximum absolute atomic E-state index is 13.6. The van der Waals surface area contributed by atoms with Crippen LogP contribution in [0.5, 0.6) is 0 Å². The average Bonchev–Trinajstić information content (AvgIpc) is 2.47. The number of piperidine rings is 1. The molecule has 4 heteroatoms. The Labute approximate surface area is 120 Å². The Kier molecular flexibility index (Phi) is 5.92. The molecule has 1 aliphatic rings. The quantitative estimate of drug-likeness (QED) is 0.803. The SMILES string of the molecule is CC(NCCCN1CCCCC1)c1cccc(F)c1F. The van der Waals surface area contributed by atoms with Gasteiger partial charge >= 0.3 is 0 Å². The molecule has 0 radical (unpaired) electrons. The van der Waals surface area contributed by atoms with E-state index < -0.39 is 11.6 Å². The van der Waals surface area contributed by atoms with Gasteiger partial charge in [0, 0.05) is 11.6 Å². The molecular formula is C16H24F2N2. The van der Waals surface area contributed by atoms with Crippen molar-refractivity contribution in [1.29, 1.82) is 0 Å². The second-order valence-electron chi connectivity index (χ2n) is 5.57. The van der Waals surface area contributed by atoms with E-state index in [0.717, 1.165) is 25.6 Å². The summed E-state index contributed by atoms with van der Waals surface area (Å²) in [6.45, 7) is 6.19. The smallest absolute Gasteiger partial charge is 0.163 e. The Balaban J connectivity index is 1.72. The molecular weight excluding hydrogens is 258 g/mol. The van der Waals surface area contributed by atoms with Crippen molar-refractivity contribution in [2.45, 2.75) is 38.6 Å². The Bertz CT molecular complexity index is 417. The van der Waals surface area contributed by atoms with Gasteiger partial charge in [0.2, 0.25) is 0 Å². The summed E-state index contributed by atoms with van der Waals surface area (Å²) in [5.74, 6) is -1.51. The largest absolute Gasteiger partial charge is 0.310 e. The van der Waals surface area contributed by atoms with E-state index in [1.54, 1.807) is 12.1 Å². The summed E-state index contributed by atoms with van der Waals surface area (Å²) in [5.41, 5.74) is 0.406. The predicted molar refractivity (Wildman–Crippen MR) is 77.7 cm³/mol. The lowest BCUT2D eigenvalue weighted by molar-refractivity contribution is 0.225. The van der Waals surface area contributed by atoms with Gasteiger partial charge in [0.05, 0.1) is 0 Å². The Hall–Kier alpha value is -1.00. The molecule has 1 N–H and O–H groups in total. The number of benzene rings is 1. The second-order valence-corrected chi connectivity index (χ2v) is 5.57. The monoisotopic (exact) mass is 282 g/mol. The van der Waals surface area contributed by atoms with Gasteiger partial charge in [-0.05, 0) is 58.4 Å². The molecule has 1 aromatic rings. The number of hydrogen-bond donors (Lipinski definition) is 1. The molecule has 0 aromatic heterocycles. The normalized spacial score (nSPS) is 18.1. The Morgan fingerprint density at radius 2 is 1.95 bits per heavy atom. The van der Waals surface area contributed by atoms with Crippen LogP contribution in [0.3, 0.4) is 0 Å². The van der Waals surface area contributed by atoms with Crippen LogP contribution in [0.15, 0.2) is 18.2 Å². The summed E-state index contributed by atoms with van der Waals surface area (Å²) < 4.78 is 26.8. The fourth-order valence-corrected chi connectivity index (χ4v) is 2.77. The third-order valence-corrected chi connectivity index (χ3v) is 4.00. The Morgan fingerprint density at radius 1 is 1.20 bits per heavy atom. The van der Waals surface area contributed by atoms with Crippen molar-refractivity contribution in [3.63, 3.8) is 0 Å². The predicted octanol–water partition coefficient (Wildman–Crippen LogP) is 3.49. The van der Waals surface area contributed by atoms with Crippen molar-refractivity contribution in [1.82, 2.24) is 10.2 Å². The highest BCUT2D eigenvalue weighted by atomic mass is 19.2. The van der Waals surface area contributed by atoms with E-state index in [2.05, 4.69) is 10.2 Å². The van der Waals surface area contributed by atoms with Crippen molar-refractivity contribution in [3.8, 4) is 0 Å². The molecule has 2 nitrogen and oxygen atoms in total. The summed E-state index contributed by atoms with van der Waals surface area (Å²) in [6, 6.07) is 4.19. The zero-order chi connectivity index (χ0) is 14.4. The van der Waals surface area contributed by atoms with Gasteiger partial charge in [-0.15, -0.1) is 0 Å². The topological polar surface area (TPSA) is 15.3 Å². The van der Waals surface area contributed by atoms with Crippen LogP contribution in [0.25, 0.3) is 0 Å². The molecule has 1 atom stereocenters. The zero-order valence-electron chi connectivity index (χ0n) is 12.2. The lowest BCUT2D eigenvalue weighted by Gasteiger charge is -2.26. The third-order valence-electron chi connectivity index (χ3n) is 4.00. The minimum atomic E-state index is -0.774. The minimum Gasteiger partial charge on any atom is -0.310 e. The fraction of sp³-hybridized carbons (Fsp3) is 0.625. The molecule has 1 saturated heterocycles. The maximum Gasteiger partial charge on any atom is 0.163 e. The molecule has 1 aromatic carbocycles. The van der Waals surface area contributed by atoms with E-state index in [1.165, 1.54) is 32.4 Å². The highest BCUT2D eigenvalue weighted by Gasteiger charge is 2.14. The molecule has 1 fully saturated rings. The standard InChI is InChI=1S/C16H24F2N2/c1-13(14-7-5-8-15(17)16(14)18)19-9-6-12-20-10-3-2-4-11-20/h5,7-8,13,19H,2-4,6,9-12H2,1H3. The minimum absolute atomic E-state index is 0.160. The van der Waals surface area contributed by atoms with E-state index >= 15 is 0 Å². The van der Waals surface area contributed by atoms with Gasteiger partial charge in [-0.25, -0.2) is 8.78 Å². The first kappa shape index (κ1) is 15.4. The second kappa shape index (κ2) is 7.70. The van der Waals surface area contributed by atoms with Gasteiger partial charge in [-0.1, -0.05) is 18.6 Å². The third kappa shape index (κ3) is 4.25. The molecule has 1 heterocycles. The Morgan fingerprint density at radius 3 is 2.70 bits per heavy atom. The summed E-state index contributed by atoms with van der Waals surface area (Å²) in [6.07, 6.45) is 5.00. The van der Waals surface area contributed by atoms with E-state index in [0.29, 0.717) is 5.56 Å². The first-order valence-corrected chi connectivity index (χ1v) is 7.58. The molecule has 20 heavy (non-hydrogen) atoms. The number of rotatable bonds is 6. The first-order chi connectivity index (χ1) is 9.68. The summed E-state index contributed by atoms with van der Waals surface area (Å²) >= 11 is 0. The van der Waals surface area contributed by atoms with E-state index in [4.69, 9.17) is 0 Å². The fourth-order valence-electron chi connectivity index (χ4n) is 2.77. The lowest BCUT2D eigenvalue weighted by atomic mass is 10.1. The van der Waals surface area contributed by atoms with Crippen molar-refractivity contribution >= 4 is 0 Å². The van der Waals surface area contributed by atoms with Crippen LogP contribution >= 0.6 is 0 Å². The van der Waals surface area contributed by atoms with Crippen LogP contribution in [-0.2, 0) is 0 Å². The van der Waals surface area contributed by atoms with Crippen molar-refractivity contribution < 1.29 is 8.78 Å². The molecule has 2 rings (SSSR count). The van der Waals surface area contributed by atoms with E-state index in [-0.39, 0.29) is 6.04 Å². The van der Waals surface area contributed by atoms with Gasteiger partial charge in [0.1, 0.15) is 0 Å². The molecule has 0 spiro atoms. The molecule has 112 valence electrons.